The Labute approximate surface area is 200 Å². The molecule has 0 saturated carbocycles. The van der Waals surface area contributed by atoms with Gasteiger partial charge in [-0.25, -0.2) is 0 Å². The third kappa shape index (κ3) is 6.54. The van der Waals surface area contributed by atoms with Gasteiger partial charge in [0.25, 0.3) is 5.91 Å². The smallest absolute Gasteiger partial charge is 0.398 e. The lowest BCUT2D eigenvalue weighted by atomic mass is 10.0. The number of nitrogens with zero attached hydrogens (tertiary/aromatic N) is 1. The number of nitrogens with one attached hydrogen (secondary N) is 3. The lowest BCUT2D eigenvalue weighted by Gasteiger charge is -2.17. The molecule has 0 aliphatic carbocycles. The van der Waals surface area contributed by atoms with Crippen LogP contribution in [0.25, 0.3) is 0 Å². The van der Waals surface area contributed by atoms with Crippen molar-refractivity contribution in [3.8, 4) is 0 Å². The summed E-state index contributed by atoms with van der Waals surface area (Å²) in [5, 5.41) is 9.21. The van der Waals surface area contributed by atoms with E-state index in [1.807, 2.05) is 37.2 Å². The van der Waals surface area contributed by atoms with Gasteiger partial charge < -0.3 is 26.6 Å². The standard InChI is InChI=1S/C23H27ClF3N5O2/c1-32(2)20-8-13(3-5-18(20)24)7-15-10-16(11-29-15)31-21(33)12-30-22(34)17-9-14(23(25,26)27)4-6-19(17)28/h3-6,8-9,15-16,29H,7,10-12,28H2,1-2H3,(H,30,34)(H,31,33). The average Bonchev–Trinajstić information content (AvgIpc) is 3.19. The van der Waals surface area contributed by atoms with Crippen molar-refractivity contribution in [2.24, 2.45) is 0 Å². The number of rotatable bonds is 7. The predicted octanol–water partition coefficient (Wildman–Crippen LogP) is 2.83. The average molecular weight is 498 g/mol. The second-order valence-electron chi connectivity index (χ2n) is 8.47. The van der Waals surface area contributed by atoms with Crippen molar-refractivity contribution in [1.29, 1.82) is 0 Å². The highest BCUT2D eigenvalue weighted by Crippen LogP contribution is 2.31. The summed E-state index contributed by atoms with van der Waals surface area (Å²) in [5.41, 5.74) is 6.26. The number of hydrogen-bond acceptors (Lipinski definition) is 5. The highest BCUT2D eigenvalue weighted by molar-refractivity contribution is 6.33. The van der Waals surface area contributed by atoms with E-state index >= 15 is 0 Å². The molecule has 3 rings (SSSR count). The highest BCUT2D eigenvalue weighted by Gasteiger charge is 2.32. The Morgan fingerprint density at radius 1 is 1.21 bits per heavy atom. The van der Waals surface area contributed by atoms with Gasteiger partial charge in [-0.2, -0.15) is 13.2 Å². The largest absolute Gasteiger partial charge is 0.416 e. The van der Waals surface area contributed by atoms with Crippen LogP contribution in [-0.4, -0.2) is 51.1 Å². The van der Waals surface area contributed by atoms with Crippen molar-refractivity contribution < 1.29 is 22.8 Å². The molecule has 7 nitrogen and oxygen atoms in total. The van der Waals surface area contributed by atoms with Crippen molar-refractivity contribution in [2.45, 2.75) is 31.1 Å². The molecule has 2 amide bonds. The lowest BCUT2D eigenvalue weighted by Crippen LogP contribution is -2.42. The third-order valence-electron chi connectivity index (χ3n) is 5.60. The van der Waals surface area contributed by atoms with Gasteiger partial charge in [-0.15, -0.1) is 0 Å². The summed E-state index contributed by atoms with van der Waals surface area (Å²) in [6, 6.07) is 8.38. The molecule has 0 aromatic heterocycles. The van der Waals surface area contributed by atoms with Gasteiger partial charge in [-0.1, -0.05) is 17.7 Å². The van der Waals surface area contributed by atoms with Crippen molar-refractivity contribution in [1.82, 2.24) is 16.0 Å². The topological polar surface area (TPSA) is 99.5 Å². The first-order chi connectivity index (χ1) is 15.9. The van der Waals surface area contributed by atoms with Gasteiger partial charge in [0.1, 0.15) is 0 Å². The molecule has 1 saturated heterocycles. The summed E-state index contributed by atoms with van der Waals surface area (Å²) in [4.78, 5) is 26.5. The second-order valence-corrected chi connectivity index (χ2v) is 8.88. The zero-order valence-electron chi connectivity index (χ0n) is 18.8. The number of carbonyl (C=O) groups excluding carboxylic acids is 2. The van der Waals surface area contributed by atoms with Crippen LogP contribution >= 0.6 is 11.6 Å². The van der Waals surface area contributed by atoms with Crippen LogP contribution in [0.5, 0.6) is 0 Å². The second kappa shape index (κ2) is 10.5. The monoisotopic (exact) mass is 497 g/mol. The van der Waals surface area contributed by atoms with Crippen LogP contribution < -0.4 is 26.6 Å². The summed E-state index contributed by atoms with van der Waals surface area (Å²) in [6.45, 7) is 0.193. The van der Waals surface area contributed by atoms with E-state index in [0.717, 1.165) is 29.8 Å². The summed E-state index contributed by atoms with van der Waals surface area (Å²) in [6.07, 6.45) is -3.15. The summed E-state index contributed by atoms with van der Waals surface area (Å²) >= 11 is 6.22. The number of amides is 2. The molecular weight excluding hydrogens is 471 g/mol. The first-order valence-corrected chi connectivity index (χ1v) is 11.0. The Bertz CT molecular complexity index is 1060. The molecule has 0 radical (unpaired) electrons. The molecule has 1 heterocycles. The number of alkyl halides is 3. The van der Waals surface area contributed by atoms with Crippen molar-refractivity contribution in [2.75, 3.05) is 37.8 Å². The van der Waals surface area contributed by atoms with Crippen LogP contribution in [0.3, 0.4) is 0 Å². The fourth-order valence-corrected chi connectivity index (χ4v) is 4.15. The third-order valence-corrected chi connectivity index (χ3v) is 5.92. The van der Waals surface area contributed by atoms with Gasteiger partial charge in [0.05, 0.1) is 28.4 Å². The highest BCUT2D eigenvalue weighted by atomic mass is 35.5. The number of nitrogen functional groups attached to an aromatic ring is 1. The van der Waals surface area contributed by atoms with Crippen molar-refractivity contribution in [3.05, 3.63) is 58.1 Å². The molecule has 184 valence electrons. The van der Waals surface area contributed by atoms with Crippen LogP contribution in [-0.2, 0) is 17.4 Å². The van der Waals surface area contributed by atoms with Gasteiger partial charge >= 0.3 is 6.18 Å². The summed E-state index contributed by atoms with van der Waals surface area (Å²) < 4.78 is 38.7. The van der Waals surface area contributed by atoms with E-state index in [4.69, 9.17) is 17.3 Å². The summed E-state index contributed by atoms with van der Waals surface area (Å²) in [5.74, 6) is -1.28. The van der Waals surface area contributed by atoms with Crippen molar-refractivity contribution >= 4 is 34.8 Å². The van der Waals surface area contributed by atoms with Gasteiger partial charge in [-0.05, 0) is 48.7 Å². The van der Waals surface area contributed by atoms with E-state index in [1.165, 1.54) is 0 Å². The van der Waals surface area contributed by atoms with E-state index in [1.54, 1.807) is 0 Å². The van der Waals surface area contributed by atoms with Crippen LogP contribution in [0.4, 0.5) is 24.5 Å². The number of nitrogens with two attached hydrogens (primary N) is 1. The number of carbonyl (C=O) groups is 2. The number of halogens is 4. The van der Waals surface area contributed by atoms with E-state index in [-0.39, 0.29) is 29.9 Å². The first kappa shape index (κ1) is 25.6. The lowest BCUT2D eigenvalue weighted by molar-refractivity contribution is -0.137. The minimum Gasteiger partial charge on any atom is -0.398 e. The van der Waals surface area contributed by atoms with E-state index in [0.29, 0.717) is 24.1 Å². The van der Waals surface area contributed by atoms with E-state index < -0.39 is 23.6 Å². The predicted molar refractivity (Wildman–Crippen MR) is 126 cm³/mol. The zero-order chi connectivity index (χ0) is 25.0. The molecule has 1 aliphatic rings. The van der Waals surface area contributed by atoms with Crippen LogP contribution in [0, 0.1) is 0 Å². The summed E-state index contributed by atoms with van der Waals surface area (Å²) in [7, 11) is 3.84. The van der Waals surface area contributed by atoms with Gasteiger partial charge in [-0.3, -0.25) is 9.59 Å². The molecule has 1 fully saturated rings. The number of hydrogen-bond donors (Lipinski definition) is 4. The Morgan fingerprint density at radius 2 is 1.94 bits per heavy atom. The first-order valence-electron chi connectivity index (χ1n) is 10.7. The maximum atomic E-state index is 12.9. The molecule has 5 N–H and O–H groups in total. The number of benzene rings is 2. The van der Waals surface area contributed by atoms with Crippen LogP contribution in [0.2, 0.25) is 5.02 Å². The molecule has 34 heavy (non-hydrogen) atoms. The fourth-order valence-electron chi connectivity index (χ4n) is 3.86. The molecule has 0 spiro atoms. The van der Waals surface area contributed by atoms with E-state index in [9.17, 15) is 22.8 Å². The molecule has 2 unspecified atom stereocenters. The van der Waals surface area contributed by atoms with Crippen molar-refractivity contribution in [3.63, 3.8) is 0 Å². The fraction of sp³-hybridized carbons (Fsp3) is 0.391. The van der Waals surface area contributed by atoms with Gasteiger partial charge in [0.15, 0.2) is 0 Å². The Kier molecular flexibility index (Phi) is 7.93. The molecule has 2 aromatic rings. The number of anilines is 2. The van der Waals surface area contributed by atoms with Crippen LogP contribution in [0.15, 0.2) is 36.4 Å². The molecule has 11 heteroatoms. The minimum absolute atomic E-state index is 0.103. The minimum atomic E-state index is -4.60. The SMILES string of the molecule is CN(C)c1cc(CC2CC(NC(=O)CNC(=O)c3cc(C(F)(F)F)ccc3N)CN2)ccc1Cl. The molecule has 2 atom stereocenters. The maximum absolute atomic E-state index is 12.9. The molecule has 1 aliphatic heterocycles. The van der Waals surface area contributed by atoms with Gasteiger partial charge in [0.2, 0.25) is 5.91 Å². The maximum Gasteiger partial charge on any atom is 0.416 e. The zero-order valence-corrected chi connectivity index (χ0v) is 19.6. The Morgan fingerprint density at radius 3 is 2.62 bits per heavy atom. The van der Waals surface area contributed by atoms with Crippen LogP contribution in [0.1, 0.15) is 27.9 Å². The van der Waals surface area contributed by atoms with E-state index in [2.05, 4.69) is 16.0 Å². The Balaban J connectivity index is 1.49. The van der Waals surface area contributed by atoms with Gasteiger partial charge in [0, 0.05) is 38.4 Å². The molecular formula is C23H27ClF3N5O2. The normalized spacial score (nSPS) is 17.9. The quantitative estimate of drug-likeness (QED) is 0.441. The Hall–Kier alpha value is -2.98. The molecule has 2 aromatic carbocycles. The molecule has 0 bridgehead atoms.